The van der Waals surface area contributed by atoms with Gasteiger partial charge in [-0.25, -0.2) is 9.18 Å². The van der Waals surface area contributed by atoms with Gasteiger partial charge in [0.15, 0.2) is 0 Å². The second kappa shape index (κ2) is 12.7. The van der Waals surface area contributed by atoms with Gasteiger partial charge in [-0.05, 0) is 72.5 Å². The van der Waals surface area contributed by atoms with Crippen LogP contribution in [-0.4, -0.2) is 85.8 Å². The Morgan fingerprint density at radius 1 is 1.04 bits per heavy atom. The smallest absolute Gasteiger partial charge is 0.326 e. The van der Waals surface area contributed by atoms with Crippen LogP contribution in [0.15, 0.2) is 48.5 Å². The van der Waals surface area contributed by atoms with Crippen LogP contribution in [0.4, 0.5) is 14.9 Å². The summed E-state index contributed by atoms with van der Waals surface area (Å²) in [7, 11) is 6.31. The van der Waals surface area contributed by atoms with Gasteiger partial charge in [-0.3, -0.25) is 24.2 Å². The normalized spacial score (nSPS) is 18.4. The SMILES string of the molecule is COc1cc(-c2cccc(-c3cccc(NC(=O)C4CN(C)C(=O)N(C)C4=O)c3C)c2C)cc(F)c1CN(C)[C@@H]1CNC(=O)C1. The van der Waals surface area contributed by atoms with Crippen molar-refractivity contribution >= 4 is 29.4 Å². The molecule has 3 aromatic rings. The molecule has 2 heterocycles. The second-order valence-corrected chi connectivity index (χ2v) is 11.8. The average molecular weight is 616 g/mol. The summed E-state index contributed by atoms with van der Waals surface area (Å²) in [6, 6.07) is 14.2. The predicted molar refractivity (Wildman–Crippen MR) is 169 cm³/mol. The van der Waals surface area contributed by atoms with E-state index in [1.54, 1.807) is 13.1 Å². The number of carbonyl (C=O) groups excluding carboxylic acids is 4. The molecule has 2 N–H and O–H groups in total. The van der Waals surface area contributed by atoms with E-state index >= 15 is 4.39 Å². The van der Waals surface area contributed by atoms with Crippen LogP contribution in [0.25, 0.3) is 22.3 Å². The summed E-state index contributed by atoms with van der Waals surface area (Å²) >= 11 is 0. The predicted octanol–water partition coefficient (Wildman–Crippen LogP) is 4.18. The molecule has 45 heavy (non-hydrogen) atoms. The third-order valence-corrected chi connectivity index (χ3v) is 8.90. The lowest BCUT2D eigenvalue weighted by Gasteiger charge is -2.33. The van der Waals surface area contributed by atoms with Gasteiger partial charge in [0.05, 0.1) is 7.11 Å². The molecule has 2 atom stereocenters. The van der Waals surface area contributed by atoms with Crippen molar-refractivity contribution in [1.82, 2.24) is 20.0 Å². The number of likely N-dealkylation sites (N-methyl/N-ethyl adjacent to an activating group) is 1. The number of hydrogen-bond acceptors (Lipinski definition) is 6. The maximum Gasteiger partial charge on any atom is 0.326 e. The monoisotopic (exact) mass is 615 g/mol. The van der Waals surface area contributed by atoms with Gasteiger partial charge in [0.25, 0.3) is 0 Å². The number of carbonyl (C=O) groups is 4. The fraction of sp³-hybridized carbons (Fsp3) is 0.353. The Hall–Kier alpha value is -4.77. The summed E-state index contributed by atoms with van der Waals surface area (Å²) in [6.07, 6.45) is 0.378. The van der Waals surface area contributed by atoms with E-state index in [0.29, 0.717) is 42.1 Å². The molecule has 11 heteroatoms. The molecule has 0 saturated carbocycles. The van der Waals surface area contributed by atoms with Gasteiger partial charge in [-0.1, -0.05) is 30.3 Å². The van der Waals surface area contributed by atoms with Crippen molar-refractivity contribution in [3.05, 3.63) is 71.0 Å². The van der Waals surface area contributed by atoms with Gasteiger partial charge in [0.1, 0.15) is 17.5 Å². The first-order valence-corrected chi connectivity index (χ1v) is 14.8. The summed E-state index contributed by atoms with van der Waals surface area (Å²) in [6.45, 7) is 4.68. The molecule has 1 unspecified atom stereocenters. The minimum absolute atomic E-state index is 0.000292. The number of anilines is 1. The van der Waals surface area contributed by atoms with Crippen LogP contribution in [0.1, 0.15) is 23.1 Å². The maximum atomic E-state index is 15.7. The molecule has 3 aromatic carbocycles. The molecule has 5 amide bonds. The van der Waals surface area contributed by atoms with Crippen molar-refractivity contribution in [1.29, 1.82) is 0 Å². The topological polar surface area (TPSA) is 111 Å². The van der Waals surface area contributed by atoms with E-state index in [9.17, 15) is 19.2 Å². The molecule has 0 bridgehead atoms. The van der Waals surface area contributed by atoms with Crippen molar-refractivity contribution in [2.45, 2.75) is 32.9 Å². The highest BCUT2D eigenvalue weighted by Gasteiger charge is 2.39. The maximum absolute atomic E-state index is 15.7. The van der Waals surface area contributed by atoms with Crippen LogP contribution in [0.5, 0.6) is 5.75 Å². The molecule has 0 spiro atoms. The van der Waals surface area contributed by atoms with Crippen LogP contribution < -0.4 is 15.4 Å². The van der Waals surface area contributed by atoms with Crippen LogP contribution in [0.3, 0.4) is 0 Å². The zero-order valence-electron chi connectivity index (χ0n) is 26.4. The van der Waals surface area contributed by atoms with E-state index in [1.165, 1.54) is 25.1 Å². The lowest BCUT2D eigenvalue weighted by molar-refractivity contribution is -0.140. The lowest BCUT2D eigenvalue weighted by atomic mass is 9.90. The van der Waals surface area contributed by atoms with Crippen LogP contribution in [0, 0.1) is 25.6 Å². The number of nitrogens with one attached hydrogen (secondary N) is 2. The fourth-order valence-electron chi connectivity index (χ4n) is 6.11. The zero-order chi connectivity index (χ0) is 32.6. The number of urea groups is 1. The summed E-state index contributed by atoms with van der Waals surface area (Å²) in [4.78, 5) is 53.9. The zero-order valence-corrected chi connectivity index (χ0v) is 26.4. The van der Waals surface area contributed by atoms with Gasteiger partial charge in [-0.2, -0.15) is 0 Å². The third kappa shape index (κ3) is 6.12. The van der Waals surface area contributed by atoms with Gasteiger partial charge in [0, 0.05) is 57.4 Å². The standard InChI is InChI=1S/C34H38FN5O5/c1-19-23(21-13-28(35)26(30(14-21)45-6)17-38(3)22-15-31(41)36-16-22)9-7-10-24(19)25-11-8-12-29(20(25)2)37-32(42)27-18-39(4)34(44)40(5)33(27)43/h7-14,22,27H,15-18H2,1-6H3,(H,36,41)(H,37,42)/t22-,27?/m0/s1. The van der Waals surface area contributed by atoms with Crippen molar-refractivity contribution in [3.8, 4) is 28.0 Å². The Kier molecular flexibility index (Phi) is 8.92. The van der Waals surface area contributed by atoms with Gasteiger partial charge in [0.2, 0.25) is 17.7 Å². The van der Waals surface area contributed by atoms with Crippen molar-refractivity contribution in [3.63, 3.8) is 0 Å². The Labute approximate surface area is 262 Å². The van der Waals surface area contributed by atoms with E-state index in [1.807, 2.05) is 62.2 Å². The first-order chi connectivity index (χ1) is 21.4. The molecular formula is C34H38FN5O5. The lowest BCUT2D eigenvalue weighted by Crippen LogP contribution is -2.56. The van der Waals surface area contributed by atoms with Crippen molar-refractivity contribution in [2.24, 2.45) is 5.92 Å². The summed E-state index contributed by atoms with van der Waals surface area (Å²) < 4.78 is 21.3. The molecular weight excluding hydrogens is 577 g/mol. The molecule has 2 aliphatic rings. The number of hydrogen-bond donors (Lipinski definition) is 2. The second-order valence-electron chi connectivity index (χ2n) is 11.8. The Balaban J connectivity index is 1.43. The molecule has 2 saturated heterocycles. The number of amides is 5. The van der Waals surface area contributed by atoms with Crippen LogP contribution in [-0.2, 0) is 20.9 Å². The number of methoxy groups -OCH3 is 1. The minimum Gasteiger partial charge on any atom is -0.496 e. The molecule has 5 rings (SSSR count). The van der Waals surface area contributed by atoms with E-state index in [4.69, 9.17) is 4.74 Å². The van der Waals surface area contributed by atoms with E-state index in [-0.39, 0.29) is 18.5 Å². The first kappa shape index (κ1) is 31.6. The molecule has 0 aliphatic carbocycles. The number of benzene rings is 3. The van der Waals surface area contributed by atoms with Crippen LogP contribution in [0.2, 0.25) is 0 Å². The molecule has 0 aromatic heterocycles. The van der Waals surface area contributed by atoms with Crippen molar-refractivity contribution < 1.29 is 28.3 Å². The molecule has 2 fully saturated rings. The average Bonchev–Trinajstić information content (AvgIpc) is 3.46. The Morgan fingerprint density at radius 2 is 1.71 bits per heavy atom. The Bertz CT molecular complexity index is 1690. The highest BCUT2D eigenvalue weighted by molar-refractivity contribution is 6.12. The molecule has 10 nitrogen and oxygen atoms in total. The van der Waals surface area contributed by atoms with Gasteiger partial charge < -0.3 is 20.3 Å². The molecule has 0 radical (unpaired) electrons. The number of rotatable bonds is 8. The minimum atomic E-state index is -1.02. The highest BCUT2D eigenvalue weighted by Crippen LogP contribution is 2.38. The van der Waals surface area contributed by atoms with Crippen molar-refractivity contribution in [2.75, 3.05) is 46.7 Å². The third-order valence-electron chi connectivity index (χ3n) is 8.90. The molecule has 2 aliphatic heterocycles. The van der Waals surface area contributed by atoms with E-state index in [0.717, 1.165) is 32.7 Å². The number of imide groups is 1. The number of ether oxygens (including phenoxy) is 1. The largest absolute Gasteiger partial charge is 0.496 e. The summed E-state index contributed by atoms with van der Waals surface area (Å²) in [5.41, 5.74) is 5.95. The highest BCUT2D eigenvalue weighted by atomic mass is 19.1. The van der Waals surface area contributed by atoms with Gasteiger partial charge in [-0.15, -0.1) is 0 Å². The Morgan fingerprint density at radius 3 is 2.38 bits per heavy atom. The van der Waals surface area contributed by atoms with Gasteiger partial charge >= 0.3 is 6.03 Å². The summed E-state index contributed by atoms with van der Waals surface area (Å²) in [5.74, 6) is -2.02. The molecule has 236 valence electrons. The number of nitrogens with zero attached hydrogens (tertiary/aromatic N) is 3. The van der Waals surface area contributed by atoms with Crippen LogP contribution >= 0.6 is 0 Å². The van der Waals surface area contributed by atoms with E-state index in [2.05, 4.69) is 10.6 Å². The number of halogens is 1. The first-order valence-electron chi connectivity index (χ1n) is 14.8. The summed E-state index contributed by atoms with van der Waals surface area (Å²) in [5, 5.41) is 5.71. The quantitative estimate of drug-likeness (QED) is 0.368. The van der Waals surface area contributed by atoms with E-state index < -0.39 is 29.6 Å². The fourth-order valence-corrected chi connectivity index (χ4v) is 6.11.